The Morgan fingerprint density at radius 1 is 1.60 bits per heavy atom. The second-order valence-corrected chi connectivity index (χ2v) is 4.24. The zero-order valence-electron chi connectivity index (χ0n) is 8.02. The first-order valence-corrected chi connectivity index (χ1v) is 5.53. The molecule has 0 aromatic heterocycles. The lowest BCUT2D eigenvalue weighted by Gasteiger charge is -2.15. The van der Waals surface area contributed by atoms with Crippen molar-refractivity contribution in [2.24, 2.45) is 5.73 Å². The third kappa shape index (κ3) is 4.05. The molecular weight excluding hydrogens is 309 g/mol. The summed E-state index contributed by atoms with van der Waals surface area (Å²) in [6.07, 6.45) is -0.947. The van der Waals surface area contributed by atoms with E-state index in [0.29, 0.717) is 6.42 Å². The van der Waals surface area contributed by atoms with Crippen LogP contribution in [-0.4, -0.2) is 17.8 Å². The molecule has 0 saturated carbocycles. The van der Waals surface area contributed by atoms with Gasteiger partial charge in [0.1, 0.15) is 6.10 Å². The molecule has 1 aromatic carbocycles. The molecule has 0 saturated heterocycles. The second-order valence-electron chi connectivity index (χ2n) is 2.99. The lowest BCUT2D eigenvalue weighted by Crippen LogP contribution is -2.18. The summed E-state index contributed by atoms with van der Waals surface area (Å²) >= 11 is 2.17. The topological polar surface area (TPSA) is 72.6 Å². The summed E-state index contributed by atoms with van der Waals surface area (Å²) in [5, 5.41) is 8.85. The van der Waals surface area contributed by atoms with E-state index in [9.17, 15) is 4.79 Å². The standard InChI is InChI=1S/C10H12INO3/c11-8-3-1-2-7(6-8)9(4-5-13)15-10(12)14/h1-3,6,9,13H,4-5H2,(H2,12,14)/t9-/m0/s1. The minimum absolute atomic E-state index is 0.0522. The Kier molecular flexibility index (Phi) is 4.83. The van der Waals surface area contributed by atoms with Crippen molar-refractivity contribution in [1.82, 2.24) is 0 Å². The van der Waals surface area contributed by atoms with Crippen LogP contribution in [0.2, 0.25) is 0 Å². The molecule has 15 heavy (non-hydrogen) atoms. The van der Waals surface area contributed by atoms with Gasteiger partial charge >= 0.3 is 6.09 Å². The molecule has 3 N–H and O–H groups in total. The fraction of sp³-hybridized carbons (Fsp3) is 0.300. The summed E-state index contributed by atoms with van der Waals surface area (Å²) < 4.78 is 5.95. The molecule has 0 radical (unpaired) electrons. The van der Waals surface area contributed by atoms with Crippen LogP contribution < -0.4 is 5.73 Å². The molecule has 4 nitrogen and oxygen atoms in total. The van der Waals surface area contributed by atoms with Crippen LogP contribution in [0, 0.1) is 3.57 Å². The van der Waals surface area contributed by atoms with E-state index in [-0.39, 0.29) is 6.61 Å². The molecular formula is C10H12INO3. The summed E-state index contributed by atoms with van der Waals surface area (Å²) in [5.74, 6) is 0. The number of nitrogens with two attached hydrogens (primary N) is 1. The summed E-state index contributed by atoms with van der Waals surface area (Å²) in [5.41, 5.74) is 5.80. The Morgan fingerprint density at radius 2 is 2.33 bits per heavy atom. The lowest BCUT2D eigenvalue weighted by atomic mass is 10.1. The normalized spacial score (nSPS) is 12.1. The highest BCUT2D eigenvalue weighted by molar-refractivity contribution is 14.1. The van der Waals surface area contributed by atoms with Gasteiger partial charge in [0.2, 0.25) is 0 Å². The molecule has 0 aliphatic carbocycles. The van der Waals surface area contributed by atoms with Gasteiger partial charge in [0.15, 0.2) is 0 Å². The van der Waals surface area contributed by atoms with Crippen LogP contribution in [-0.2, 0) is 4.74 Å². The Labute approximate surface area is 102 Å². The Hall–Kier alpha value is -0.820. The highest BCUT2D eigenvalue weighted by Gasteiger charge is 2.14. The largest absolute Gasteiger partial charge is 0.441 e. The Morgan fingerprint density at radius 3 is 2.87 bits per heavy atom. The van der Waals surface area contributed by atoms with Gasteiger partial charge in [-0.15, -0.1) is 0 Å². The molecule has 0 fully saturated rings. The number of hydrogen-bond donors (Lipinski definition) is 2. The predicted octanol–water partition coefficient (Wildman–Crippen LogP) is 1.81. The smallest absolute Gasteiger partial charge is 0.405 e. The van der Waals surface area contributed by atoms with Crippen LogP contribution in [0.25, 0.3) is 0 Å². The van der Waals surface area contributed by atoms with Crippen molar-refractivity contribution in [2.45, 2.75) is 12.5 Å². The van der Waals surface area contributed by atoms with Crippen LogP contribution in [0.4, 0.5) is 4.79 Å². The van der Waals surface area contributed by atoms with Crippen molar-refractivity contribution in [1.29, 1.82) is 0 Å². The maximum Gasteiger partial charge on any atom is 0.405 e. The number of rotatable bonds is 4. The highest BCUT2D eigenvalue weighted by Crippen LogP contribution is 2.22. The number of primary amides is 1. The van der Waals surface area contributed by atoms with Gasteiger partial charge in [-0.2, -0.15) is 0 Å². The zero-order valence-corrected chi connectivity index (χ0v) is 10.2. The number of carbonyl (C=O) groups excluding carboxylic acids is 1. The zero-order chi connectivity index (χ0) is 11.3. The molecule has 0 unspecified atom stereocenters. The first-order chi connectivity index (χ1) is 7.13. The fourth-order valence-corrected chi connectivity index (χ4v) is 1.83. The van der Waals surface area contributed by atoms with E-state index >= 15 is 0 Å². The van der Waals surface area contributed by atoms with Crippen molar-refractivity contribution in [3.63, 3.8) is 0 Å². The van der Waals surface area contributed by atoms with Gasteiger partial charge in [-0.25, -0.2) is 4.79 Å². The third-order valence-electron chi connectivity index (χ3n) is 1.87. The molecule has 5 heteroatoms. The van der Waals surface area contributed by atoms with Crippen molar-refractivity contribution < 1.29 is 14.6 Å². The minimum Gasteiger partial charge on any atom is -0.441 e. The van der Waals surface area contributed by atoms with Gasteiger partial charge in [-0.05, 0) is 40.3 Å². The highest BCUT2D eigenvalue weighted by atomic mass is 127. The molecule has 1 atom stereocenters. The van der Waals surface area contributed by atoms with E-state index < -0.39 is 12.2 Å². The average molecular weight is 321 g/mol. The number of carbonyl (C=O) groups is 1. The van der Waals surface area contributed by atoms with Crippen molar-refractivity contribution in [3.8, 4) is 0 Å². The van der Waals surface area contributed by atoms with Gasteiger partial charge in [0, 0.05) is 16.6 Å². The number of aliphatic hydroxyl groups excluding tert-OH is 1. The number of ether oxygens (including phenoxy) is 1. The predicted molar refractivity (Wildman–Crippen MR) is 64.3 cm³/mol. The maximum atomic E-state index is 10.7. The van der Waals surface area contributed by atoms with Crippen LogP contribution in [0.5, 0.6) is 0 Å². The van der Waals surface area contributed by atoms with Crippen LogP contribution in [0.1, 0.15) is 18.1 Å². The third-order valence-corrected chi connectivity index (χ3v) is 2.54. The number of hydrogen-bond acceptors (Lipinski definition) is 3. The summed E-state index contributed by atoms with van der Waals surface area (Å²) in [4.78, 5) is 10.7. The molecule has 1 amide bonds. The monoisotopic (exact) mass is 321 g/mol. The van der Waals surface area contributed by atoms with Crippen molar-refractivity contribution >= 4 is 28.7 Å². The molecule has 0 spiro atoms. The minimum atomic E-state index is -0.827. The van der Waals surface area contributed by atoms with Gasteiger partial charge in [-0.1, -0.05) is 12.1 Å². The van der Waals surface area contributed by atoms with E-state index in [1.165, 1.54) is 0 Å². The van der Waals surface area contributed by atoms with Crippen LogP contribution >= 0.6 is 22.6 Å². The van der Waals surface area contributed by atoms with Crippen molar-refractivity contribution in [2.75, 3.05) is 6.61 Å². The van der Waals surface area contributed by atoms with E-state index in [4.69, 9.17) is 15.6 Å². The number of amides is 1. The molecule has 0 heterocycles. The first kappa shape index (κ1) is 12.3. The van der Waals surface area contributed by atoms with Gasteiger partial charge in [-0.3, -0.25) is 0 Å². The van der Waals surface area contributed by atoms with Gasteiger partial charge in [0.05, 0.1) is 0 Å². The number of halogens is 1. The quantitative estimate of drug-likeness (QED) is 0.831. The number of aliphatic hydroxyl groups is 1. The summed E-state index contributed by atoms with van der Waals surface area (Å²) in [7, 11) is 0. The van der Waals surface area contributed by atoms with E-state index in [0.717, 1.165) is 9.13 Å². The molecule has 1 aromatic rings. The molecule has 0 aliphatic rings. The second kappa shape index (κ2) is 5.92. The van der Waals surface area contributed by atoms with E-state index in [2.05, 4.69) is 22.6 Å². The molecule has 0 bridgehead atoms. The molecule has 1 rings (SSSR count). The van der Waals surface area contributed by atoms with E-state index in [1.54, 1.807) is 0 Å². The first-order valence-electron chi connectivity index (χ1n) is 4.46. The SMILES string of the molecule is NC(=O)O[C@@H](CCO)c1cccc(I)c1. The maximum absolute atomic E-state index is 10.7. The number of benzene rings is 1. The van der Waals surface area contributed by atoms with Gasteiger partial charge in [0.25, 0.3) is 0 Å². The van der Waals surface area contributed by atoms with Crippen molar-refractivity contribution in [3.05, 3.63) is 33.4 Å². The summed E-state index contributed by atoms with van der Waals surface area (Å²) in [6.45, 7) is -0.0522. The van der Waals surface area contributed by atoms with E-state index in [1.807, 2.05) is 24.3 Å². The average Bonchev–Trinajstić information content (AvgIpc) is 2.16. The van der Waals surface area contributed by atoms with Crippen LogP contribution in [0.15, 0.2) is 24.3 Å². The molecule has 0 aliphatic heterocycles. The molecule has 82 valence electrons. The summed E-state index contributed by atoms with van der Waals surface area (Å²) in [6, 6.07) is 7.53. The fourth-order valence-electron chi connectivity index (χ4n) is 1.26. The van der Waals surface area contributed by atoms with Gasteiger partial charge < -0.3 is 15.6 Å². The Balaban J connectivity index is 2.83. The lowest BCUT2D eigenvalue weighted by molar-refractivity contribution is 0.0877. The van der Waals surface area contributed by atoms with Crippen LogP contribution in [0.3, 0.4) is 0 Å². The Bertz CT molecular complexity index is 343.